The lowest BCUT2D eigenvalue weighted by molar-refractivity contribution is 0.262. The molecule has 0 bridgehead atoms. The van der Waals surface area contributed by atoms with Crippen molar-refractivity contribution >= 4 is 39.1 Å². The van der Waals surface area contributed by atoms with Crippen molar-refractivity contribution in [1.82, 2.24) is 4.90 Å². The molecule has 0 amide bonds. The fraction of sp³-hybridized carbons (Fsp3) is 0.417. The van der Waals surface area contributed by atoms with E-state index in [1.54, 1.807) is 0 Å². The van der Waals surface area contributed by atoms with Crippen molar-refractivity contribution in [2.75, 3.05) is 33.1 Å². The Labute approximate surface area is 121 Å². The highest BCUT2D eigenvalue weighted by molar-refractivity contribution is 9.10. The molecule has 0 aliphatic carbocycles. The van der Waals surface area contributed by atoms with Crippen LogP contribution in [0.1, 0.15) is 0 Å². The normalized spacial score (nSPS) is 11.9. The topological polar surface area (TPSA) is 50.8 Å². The molecule has 6 heteroatoms. The molecule has 0 heterocycles. The largest absolute Gasteiger partial charge is 0.490 e. The summed E-state index contributed by atoms with van der Waals surface area (Å²) >= 11 is 9.02. The summed E-state index contributed by atoms with van der Waals surface area (Å²) in [6.45, 7) is 1.42. The van der Waals surface area contributed by atoms with Crippen molar-refractivity contribution in [1.29, 1.82) is 0 Å². The van der Waals surface area contributed by atoms with Crippen molar-refractivity contribution < 1.29 is 4.74 Å². The number of rotatable bonds is 6. The quantitative estimate of drug-likeness (QED) is 0.494. The minimum absolute atomic E-state index is 0.202. The van der Waals surface area contributed by atoms with Gasteiger partial charge in [0.1, 0.15) is 23.9 Å². The standard InChI is InChI=1S/C12H17BrClN3O/c1-17(2)5-6-18-11-7-9(13)3-4-10(11)16-12(15)8-14/h3-4,7H,5-6,8H2,1-2H3,(H2,15,16). The monoisotopic (exact) mass is 333 g/mol. The molecular formula is C12H17BrClN3O. The molecule has 0 unspecified atom stereocenters. The van der Waals surface area contributed by atoms with Gasteiger partial charge in [-0.15, -0.1) is 11.6 Å². The number of nitrogens with zero attached hydrogens (tertiary/aromatic N) is 2. The maximum absolute atomic E-state index is 5.70. The predicted molar refractivity (Wildman–Crippen MR) is 80.2 cm³/mol. The van der Waals surface area contributed by atoms with Crippen LogP contribution in [0.3, 0.4) is 0 Å². The van der Waals surface area contributed by atoms with Gasteiger partial charge in [0, 0.05) is 11.0 Å². The zero-order valence-electron chi connectivity index (χ0n) is 10.5. The Hall–Kier alpha value is -0.780. The van der Waals surface area contributed by atoms with E-state index in [2.05, 4.69) is 20.9 Å². The van der Waals surface area contributed by atoms with Crippen LogP contribution in [-0.4, -0.2) is 43.9 Å². The van der Waals surface area contributed by atoms with E-state index >= 15 is 0 Å². The summed E-state index contributed by atoms with van der Waals surface area (Å²) in [6, 6.07) is 5.60. The minimum Gasteiger partial charge on any atom is -0.490 e. The molecule has 0 saturated heterocycles. The first kappa shape index (κ1) is 15.3. The smallest absolute Gasteiger partial charge is 0.146 e. The molecule has 0 aliphatic heterocycles. The van der Waals surface area contributed by atoms with E-state index < -0.39 is 0 Å². The average Bonchev–Trinajstić information content (AvgIpc) is 2.31. The van der Waals surface area contributed by atoms with Crippen LogP contribution in [0.15, 0.2) is 27.7 Å². The maximum atomic E-state index is 5.70. The average molecular weight is 335 g/mol. The van der Waals surface area contributed by atoms with Gasteiger partial charge in [0.05, 0.1) is 5.88 Å². The SMILES string of the molecule is CN(C)CCOc1cc(Br)ccc1N=C(N)CCl. The number of benzene rings is 1. The molecule has 0 saturated carbocycles. The Bertz CT molecular complexity index is 424. The van der Waals surface area contributed by atoms with Crippen LogP contribution < -0.4 is 10.5 Å². The van der Waals surface area contributed by atoms with Crippen LogP contribution in [0.2, 0.25) is 0 Å². The van der Waals surface area contributed by atoms with Gasteiger partial charge in [0.15, 0.2) is 0 Å². The number of aliphatic imine (C=N–C) groups is 1. The highest BCUT2D eigenvalue weighted by Gasteiger charge is 2.05. The van der Waals surface area contributed by atoms with E-state index in [9.17, 15) is 0 Å². The van der Waals surface area contributed by atoms with Gasteiger partial charge in [0.25, 0.3) is 0 Å². The summed E-state index contributed by atoms with van der Waals surface area (Å²) in [7, 11) is 3.99. The molecule has 0 aliphatic rings. The zero-order valence-corrected chi connectivity index (χ0v) is 12.8. The second kappa shape index (κ2) is 7.61. The van der Waals surface area contributed by atoms with Crippen LogP contribution in [0.5, 0.6) is 5.75 Å². The number of hydrogen-bond donors (Lipinski definition) is 1. The number of ether oxygens (including phenoxy) is 1. The van der Waals surface area contributed by atoms with Gasteiger partial charge in [-0.2, -0.15) is 0 Å². The minimum atomic E-state index is 0.202. The van der Waals surface area contributed by atoms with Gasteiger partial charge in [-0.25, -0.2) is 4.99 Å². The third-order valence-electron chi connectivity index (χ3n) is 2.12. The molecule has 18 heavy (non-hydrogen) atoms. The van der Waals surface area contributed by atoms with Crippen molar-refractivity contribution in [2.24, 2.45) is 10.7 Å². The maximum Gasteiger partial charge on any atom is 0.146 e. The van der Waals surface area contributed by atoms with Gasteiger partial charge in [0.2, 0.25) is 0 Å². The van der Waals surface area contributed by atoms with E-state index in [4.69, 9.17) is 22.1 Å². The van der Waals surface area contributed by atoms with Crippen LogP contribution in [0.4, 0.5) is 5.69 Å². The summed E-state index contributed by atoms with van der Waals surface area (Å²) in [4.78, 5) is 6.27. The van der Waals surface area contributed by atoms with Gasteiger partial charge in [-0.05, 0) is 32.3 Å². The summed E-state index contributed by atoms with van der Waals surface area (Å²) in [5.41, 5.74) is 6.32. The summed E-state index contributed by atoms with van der Waals surface area (Å²) in [6.07, 6.45) is 0. The second-order valence-corrected chi connectivity index (χ2v) is 5.18. The second-order valence-electron chi connectivity index (χ2n) is 4.00. The molecular weight excluding hydrogens is 318 g/mol. The number of hydrogen-bond acceptors (Lipinski definition) is 3. The Balaban J connectivity index is 2.83. The number of amidine groups is 1. The molecule has 100 valence electrons. The van der Waals surface area contributed by atoms with Crippen LogP contribution in [0, 0.1) is 0 Å². The van der Waals surface area contributed by atoms with Crippen LogP contribution >= 0.6 is 27.5 Å². The van der Waals surface area contributed by atoms with E-state index in [1.165, 1.54) is 0 Å². The Morgan fingerprint density at radius 2 is 2.22 bits per heavy atom. The molecule has 0 aromatic heterocycles. The third-order valence-corrected chi connectivity index (χ3v) is 2.89. The summed E-state index contributed by atoms with van der Waals surface area (Å²) in [5.74, 6) is 1.27. The highest BCUT2D eigenvalue weighted by atomic mass is 79.9. The van der Waals surface area contributed by atoms with Gasteiger partial charge < -0.3 is 15.4 Å². The number of halogens is 2. The highest BCUT2D eigenvalue weighted by Crippen LogP contribution is 2.30. The number of likely N-dealkylation sites (N-methyl/N-ethyl adjacent to an activating group) is 1. The molecule has 1 rings (SSSR count). The molecule has 1 aromatic carbocycles. The first-order valence-electron chi connectivity index (χ1n) is 5.49. The molecule has 0 radical (unpaired) electrons. The van der Waals surface area contributed by atoms with E-state index in [1.807, 2.05) is 37.2 Å². The van der Waals surface area contributed by atoms with E-state index in [-0.39, 0.29) is 5.88 Å². The summed E-state index contributed by atoms with van der Waals surface area (Å²) < 4.78 is 6.63. The Morgan fingerprint density at radius 1 is 1.50 bits per heavy atom. The van der Waals surface area contributed by atoms with E-state index in [0.717, 1.165) is 11.0 Å². The fourth-order valence-corrected chi connectivity index (χ4v) is 1.62. The fourth-order valence-electron chi connectivity index (χ4n) is 1.22. The van der Waals surface area contributed by atoms with Crippen LogP contribution in [-0.2, 0) is 0 Å². The van der Waals surface area contributed by atoms with Crippen LogP contribution in [0.25, 0.3) is 0 Å². The third kappa shape index (κ3) is 5.25. The Morgan fingerprint density at radius 3 is 2.83 bits per heavy atom. The molecule has 2 N–H and O–H groups in total. The lowest BCUT2D eigenvalue weighted by atomic mass is 10.3. The van der Waals surface area contributed by atoms with Crippen molar-refractivity contribution in [3.63, 3.8) is 0 Å². The first-order valence-corrected chi connectivity index (χ1v) is 6.81. The lowest BCUT2D eigenvalue weighted by Gasteiger charge is -2.13. The van der Waals surface area contributed by atoms with Crippen molar-refractivity contribution in [3.05, 3.63) is 22.7 Å². The van der Waals surface area contributed by atoms with Gasteiger partial charge in [-0.3, -0.25) is 0 Å². The molecule has 1 aromatic rings. The number of nitrogens with two attached hydrogens (primary N) is 1. The molecule has 0 fully saturated rings. The molecule has 4 nitrogen and oxygen atoms in total. The zero-order chi connectivity index (χ0) is 13.5. The van der Waals surface area contributed by atoms with Crippen molar-refractivity contribution in [3.8, 4) is 5.75 Å². The van der Waals surface area contributed by atoms with Gasteiger partial charge >= 0.3 is 0 Å². The van der Waals surface area contributed by atoms with Crippen molar-refractivity contribution in [2.45, 2.75) is 0 Å². The molecule has 0 spiro atoms. The summed E-state index contributed by atoms with van der Waals surface area (Å²) in [5, 5.41) is 0. The lowest BCUT2D eigenvalue weighted by Crippen LogP contribution is -2.19. The first-order chi connectivity index (χ1) is 8.52. The predicted octanol–water partition coefficient (Wildman–Crippen LogP) is 2.62. The number of alkyl halides is 1. The Kier molecular flexibility index (Phi) is 6.46. The molecule has 0 atom stereocenters. The van der Waals surface area contributed by atoms with E-state index in [0.29, 0.717) is 23.9 Å². The van der Waals surface area contributed by atoms with Gasteiger partial charge in [-0.1, -0.05) is 15.9 Å².